The standard InChI is InChI=1S/C4H5N3O3/c1-2-3(7(8)9)4(5)10-6-2/h5H2,1H3. The zero-order valence-corrected chi connectivity index (χ0v) is 5.20. The van der Waals surface area contributed by atoms with E-state index >= 15 is 0 Å². The fourth-order valence-corrected chi connectivity index (χ4v) is 0.604. The Kier molecular flexibility index (Phi) is 1.29. The molecule has 2 N–H and O–H groups in total. The molecule has 0 bridgehead atoms. The van der Waals surface area contributed by atoms with Gasteiger partial charge in [-0.25, -0.2) is 0 Å². The third-order valence-electron chi connectivity index (χ3n) is 1.04. The summed E-state index contributed by atoms with van der Waals surface area (Å²) >= 11 is 0. The van der Waals surface area contributed by atoms with Gasteiger partial charge in [0.05, 0.1) is 4.92 Å². The molecular weight excluding hydrogens is 138 g/mol. The largest absolute Gasteiger partial charge is 0.362 e. The van der Waals surface area contributed by atoms with E-state index in [1.165, 1.54) is 6.92 Å². The molecule has 0 amide bonds. The van der Waals surface area contributed by atoms with Gasteiger partial charge in [-0.15, -0.1) is 0 Å². The van der Waals surface area contributed by atoms with Crippen molar-refractivity contribution < 1.29 is 9.45 Å². The fourth-order valence-electron chi connectivity index (χ4n) is 0.604. The Morgan fingerprint density at radius 2 is 2.40 bits per heavy atom. The molecule has 0 aliphatic rings. The average molecular weight is 143 g/mol. The van der Waals surface area contributed by atoms with Crippen molar-refractivity contribution in [3.8, 4) is 0 Å². The van der Waals surface area contributed by atoms with Crippen molar-refractivity contribution in [1.29, 1.82) is 0 Å². The van der Waals surface area contributed by atoms with Crippen LogP contribution in [0, 0.1) is 17.0 Å². The van der Waals surface area contributed by atoms with Crippen molar-refractivity contribution in [3.63, 3.8) is 0 Å². The summed E-state index contributed by atoms with van der Waals surface area (Å²) in [6, 6.07) is 0. The highest BCUT2D eigenvalue weighted by Crippen LogP contribution is 2.23. The molecule has 0 aromatic carbocycles. The van der Waals surface area contributed by atoms with Gasteiger partial charge in [0.25, 0.3) is 0 Å². The Labute approximate surface area is 55.8 Å². The van der Waals surface area contributed by atoms with Crippen LogP contribution < -0.4 is 5.73 Å². The van der Waals surface area contributed by atoms with Crippen LogP contribution in [0.2, 0.25) is 0 Å². The zero-order valence-electron chi connectivity index (χ0n) is 5.20. The van der Waals surface area contributed by atoms with E-state index in [2.05, 4.69) is 9.68 Å². The maximum Gasteiger partial charge on any atom is 0.355 e. The number of nitrogens with two attached hydrogens (primary N) is 1. The van der Waals surface area contributed by atoms with Crippen LogP contribution in [0.15, 0.2) is 4.52 Å². The number of aryl methyl sites for hydroxylation is 1. The molecule has 6 nitrogen and oxygen atoms in total. The highest BCUT2D eigenvalue weighted by molar-refractivity contribution is 5.51. The molecule has 0 saturated carbocycles. The first-order valence-corrected chi connectivity index (χ1v) is 2.49. The summed E-state index contributed by atoms with van der Waals surface area (Å²) < 4.78 is 4.34. The number of anilines is 1. The summed E-state index contributed by atoms with van der Waals surface area (Å²) in [5.41, 5.74) is 5.02. The van der Waals surface area contributed by atoms with Crippen molar-refractivity contribution in [3.05, 3.63) is 15.8 Å². The van der Waals surface area contributed by atoms with Gasteiger partial charge in [0.1, 0.15) is 0 Å². The molecule has 1 aromatic heterocycles. The van der Waals surface area contributed by atoms with Crippen molar-refractivity contribution in [1.82, 2.24) is 5.16 Å². The number of nitrogens with zero attached hydrogens (tertiary/aromatic N) is 2. The molecule has 0 radical (unpaired) electrons. The SMILES string of the molecule is Cc1noc(N)c1[N+](=O)[O-]. The lowest BCUT2D eigenvalue weighted by Gasteiger charge is -1.83. The minimum absolute atomic E-state index is 0.197. The molecule has 6 heteroatoms. The Bertz CT molecular complexity index is 247. The Hall–Kier alpha value is -1.59. The normalized spacial score (nSPS) is 9.70. The molecule has 1 aromatic rings. The van der Waals surface area contributed by atoms with Crippen LogP contribution in [0.25, 0.3) is 0 Å². The summed E-state index contributed by atoms with van der Waals surface area (Å²) in [5.74, 6) is -0.248. The molecule has 1 heterocycles. The number of rotatable bonds is 1. The minimum Gasteiger partial charge on any atom is -0.362 e. The van der Waals surface area contributed by atoms with Crippen LogP contribution in [0.4, 0.5) is 11.6 Å². The summed E-state index contributed by atoms with van der Waals surface area (Å²) in [4.78, 5) is 9.51. The van der Waals surface area contributed by atoms with E-state index in [0.717, 1.165) is 0 Å². The van der Waals surface area contributed by atoms with E-state index in [1.54, 1.807) is 0 Å². The number of hydrogen-bond acceptors (Lipinski definition) is 5. The van der Waals surface area contributed by atoms with Crippen LogP contribution in [-0.4, -0.2) is 10.1 Å². The first-order valence-electron chi connectivity index (χ1n) is 2.49. The predicted molar refractivity (Wildman–Crippen MR) is 32.3 cm³/mol. The van der Waals surface area contributed by atoms with Gasteiger partial charge in [-0.2, -0.15) is 0 Å². The van der Waals surface area contributed by atoms with Crippen molar-refractivity contribution >= 4 is 11.6 Å². The van der Waals surface area contributed by atoms with Crippen LogP contribution in [-0.2, 0) is 0 Å². The molecule has 0 fully saturated rings. The van der Waals surface area contributed by atoms with Crippen molar-refractivity contribution in [2.75, 3.05) is 5.73 Å². The van der Waals surface area contributed by atoms with Gasteiger partial charge in [-0.3, -0.25) is 10.1 Å². The molecule has 0 unspecified atom stereocenters. The highest BCUT2D eigenvalue weighted by Gasteiger charge is 2.20. The molecule has 0 saturated heterocycles. The maximum atomic E-state index is 10.1. The van der Waals surface area contributed by atoms with Gasteiger partial charge in [0, 0.05) is 0 Å². The van der Waals surface area contributed by atoms with Gasteiger partial charge in [0.2, 0.25) is 0 Å². The third-order valence-corrected chi connectivity index (χ3v) is 1.04. The van der Waals surface area contributed by atoms with Crippen molar-refractivity contribution in [2.24, 2.45) is 0 Å². The van der Waals surface area contributed by atoms with Gasteiger partial charge in [-0.05, 0) is 6.92 Å². The molecule has 0 spiro atoms. The molecular formula is C4H5N3O3. The van der Waals surface area contributed by atoms with E-state index in [9.17, 15) is 10.1 Å². The first kappa shape index (κ1) is 6.53. The molecule has 54 valence electrons. The molecule has 10 heavy (non-hydrogen) atoms. The maximum absolute atomic E-state index is 10.1. The fraction of sp³-hybridized carbons (Fsp3) is 0.250. The Morgan fingerprint density at radius 3 is 2.60 bits per heavy atom. The molecule has 0 aliphatic carbocycles. The third kappa shape index (κ3) is 0.790. The lowest BCUT2D eigenvalue weighted by atomic mass is 10.4. The van der Waals surface area contributed by atoms with E-state index in [-0.39, 0.29) is 17.3 Å². The molecule has 1 rings (SSSR count). The smallest absolute Gasteiger partial charge is 0.355 e. The summed E-state index contributed by atoms with van der Waals surface area (Å²) in [6.45, 7) is 1.46. The second kappa shape index (κ2) is 1.98. The highest BCUT2D eigenvalue weighted by atomic mass is 16.6. The van der Waals surface area contributed by atoms with Gasteiger partial charge >= 0.3 is 11.6 Å². The predicted octanol–water partition coefficient (Wildman–Crippen LogP) is 0.473. The Balaban J connectivity index is 3.23. The van der Waals surface area contributed by atoms with Crippen molar-refractivity contribution in [2.45, 2.75) is 6.92 Å². The number of aromatic nitrogens is 1. The van der Waals surface area contributed by atoms with Crippen LogP contribution >= 0.6 is 0 Å². The average Bonchev–Trinajstić information content (AvgIpc) is 2.11. The van der Waals surface area contributed by atoms with Gasteiger partial charge < -0.3 is 10.3 Å². The summed E-state index contributed by atoms with van der Waals surface area (Å²) in [6.07, 6.45) is 0. The van der Waals surface area contributed by atoms with Crippen LogP contribution in [0.5, 0.6) is 0 Å². The Morgan fingerprint density at radius 1 is 1.80 bits per heavy atom. The lowest BCUT2D eigenvalue weighted by molar-refractivity contribution is -0.384. The monoisotopic (exact) mass is 143 g/mol. The molecule has 0 aliphatic heterocycles. The minimum atomic E-state index is -0.624. The zero-order chi connectivity index (χ0) is 7.72. The lowest BCUT2D eigenvalue weighted by Crippen LogP contribution is -1.92. The number of nitrogen functional groups attached to an aromatic ring is 1. The van der Waals surface area contributed by atoms with E-state index in [0.29, 0.717) is 0 Å². The summed E-state index contributed by atoms with van der Waals surface area (Å²) in [5, 5.41) is 13.4. The van der Waals surface area contributed by atoms with E-state index in [4.69, 9.17) is 5.73 Å². The second-order valence-electron chi connectivity index (χ2n) is 1.74. The second-order valence-corrected chi connectivity index (χ2v) is 1.74. The van der Waals surface area contributed by atoms with Gasteiger partial charge in [0.15, 0.2) is 5.69 Å². The first-order chi connectivity index (χ1) is 4.63. The topological polar surface area (TPSA) is 95.2 Å². The number of nitro groups is 1. The van der Waals surface area contributed by atoms with E-state index < -0.39 is 4.92 Å². The summed E-state index contributed by atoms with van der Waals surface area (Å²) in [7, 11) is 0. The quantitative estimate of drug-likeness (QED) is 0.455. The van der Waals surface area contributed by atoms with Crippen LogP contribution in [0.1, 0.15) is 5.69 Å². The molecule has 0 atom stereocenters. The number of hydrogen-bond donors (Lipinski definition) is 1. The van der Waals surface area contributed by atoms with Crippen LogP contribution in [0.3, 0.4) is 0 Å². The van der Waals surface area contributed by atoms with E-state index in [1.807, 2.05) is 0 Å². The van der Waals surface area contributed by atoms with Gasteiger partial charge in [-0.1, -0.05) is 5.16 Å².